The van der Waals surface area contributed by atoms with Crippen molar-refractivity contribution in [2.45, 2.75) is 38.3 Å². The molecular weight excluding hydrogens is 482 g/mol. The van der Waals surface area contributed by atoms with Gasteiger partial charge < -0.3 is 29.6 Å². The van der Waals surface area contributed by atoms with Crippen LogP contribution in [0, 0.1) is 11.8 Å². The summed E-state index contributed by atoms with van der Waals surface area (Å²) in [7, 11) is 1.12. The molecule has 1 aromatic heterocycles. The molecule has 3 N–H and O–H groups in total. The highest BCUT2D eigenvalue weighted by Gasteiger charge is 2.32. The molecule has 11 heteroatoms. The van der Waals surface area contributed by atoms with Crippen LogP contribution in [0.15, 0.2) is 54.0 Å². The van der Waals surface area contributed by atoms with Crippen molar-refractivity contribution in [3.8, 4) is 0 Å². The fraction of sp³-hybridized carbons (Fsp3) is 0.423. The molecule has 0 saturated heterocycles. The van der Waals surface area contributed by atoms with Gasteiger partial charge in [-0.05, 0) is 31.9 Å². The Balaban J connectivity index is 2.08. The third-order valence-electron chi connectivity index (χ3n) is 5.44. The molecule has 2 amide bonds. The number of oxazole rings is 1. The maximum absolute atomic E-state index is 12.8. The van der Waals surface area contributed by atoms with Crippen LogP contribution in [-0.4, -0.2) is 66.3 Å². The molecule has 0 aliphatic heterocycles. The van der Waals surface area contributed by atoms with Crippen molar-refractivity contribution in [1.29, 1.82) is 0 Å². The van der Waals surface area contributed by atoms with E-state index in [1.54, 1.807) is 25.1 Å². The van der Waals surface area contributed by atoms with Gasteiger partial charge in [0.15, 0.2) is 17.5 Å². The number of aromatic nitrogens is 1. The lowest BCUT2D eigenvalue weighted by Gasteiger charge is -2.22. The van der Waals surface area contributed by atoms with Gasteiger partial charge in [0, 0.05) is 12.5 Å². The normalized spacial score (nSPS) is 14.0. The van der Waals surface area contributed by atoms with Crippen LogP contribution >= 0.6 is 0 Å². The second-order valence-electron chi connectivity index (χ2n) is 8.38. The SMILES string of the molecule is C=CCC(C(=O)N[C@@H](C)CO)C(=O)N[C@H](COC(=O)[C@H](CC=C)Cc1nc2ccccc2o1)C(=O)OC. The number of allylic oxidation sites excluding steroid dienone is 2. The van der Waals surface area contributed by atoms with E-state index in [0.717, 1.165) is 7.11 Å². The second kappa shape index (κ2) is 14.5. The Bertz CT molecular complexity index is 1080. The van der Waals surface area contributed by atoms with Crippen LogP contribution in [-0.2, 0) is 35.1 Å². The Morgan fingerprint density at radius 1 is 1.08 bits per heavy atom. The number of methoxy groups -OCH3 is 1. The molecule has 37 heavy (non-hydrogen) atoms. The number of benzene rings is 1. The number of aliphatic hydroxyl groups excluding tert-OH is 1. The number of para-hydroxylation sites is 2. The monoisotopic (exact) mass is 515 g/mol. The quantitative estimate of drug-likeness (QED) is 0.181. The van der Waals surface area contributed by atoms with Gasteiger partial charge in [-0.2, -0.15) is 0 Å². The minimum absolute atomic E-state index is 0.0184. The van der Waals surface area contributed by atoms with Gasteiger partial charge in [-0.3, -0.25) is 14.4 Å². The zero-order chi connectivity index (χ0) is 27.4. The average Bonchev–Trinajstić information content (AvgIpc) is 3.30. The summed E-state index contributed by atoms with van der Waals surface area (Å²) in [6, 6.07) is 5.25. The number of amides is 2. The summed E-state index contributed by atoms with van der Waals surface area (Å²) in [5.41, 5.74) is 1.24. The van der Waals surface area contributed by atoms with Crippen LogP contribution in [0.5, 0.6) is 0 Å². The van der Waals surface area contributed by atoms with Gasteiger partial charge in [0.25, 0.3) is 0 Å². The van der Waals surface area contributed by atoms with E-state index in [1.165, 1.54) is 6.08 Å². The highest BCUT2D eigenvalue weighted by atomic mass is 16.5. The molecule has 11 nitrogen and oxygen atoms in total. The van der Waals surface area contributed by atoms with Crippen LogP contribution in [0.2, 0.25) is 0 Å². The molecule has 200 valence electrons. The number of ether oxygens (including phenoxy) is 2. The smallest absolute Gasteiger partial charge is 0.331 e. The Hall–Kier alpha value is -3.99. The topological polar surface area (TPSA) is 157 Å². The second-order valence-corrected chi connectivity index (χ2v) is 8.38. The van der Waals surface area contributed by atoms with E-state index in [1.807, 2.05) is 12.1 Å². The lowest BCUT2D eigenvalue weighted by molar-refractivity contribution is -0.155. The molecule has 0 bridgehead atoms. The van der Waals surface area contributed by atoms with Crippen LogP contribution in [0.4, 0.5) is 0 Å². The van der Waals surface area contributed by atoms with Crippen LogP contribution in [0.1, 0.15) is 25.7 Å². The fourth-order valence-electron chi connectivity index (χ4n) is 3.44. The van der Waals surface area contributed by atoms with Crippen molar-refractivity contribution in [3.05, 3.63) is 55.5 Å². The summed E-state index contributed by atoms with van der Waals surface area (Å²) in [6.07, 6.45) is 3.32. The minimum Gasteiger partial charge on any atom is -0.467 e. The Labute approximate surface area is 214 Å². The van der Waals surface area contributed by atoms with Crippen LogP contribution in [0.25, 0.3) is 11.1 Å². The summed E-state index contributed by atoms with van der Waals surface area (Å²) >= 11 is 0. The van der Waals surface area contributed by atoms with Gasteiger partial charge in [-0.15, -0.1) is 13.2 Å². The van der Waals surface area contributed by atoms with Crippen molar-refractivity contribution in [2.75, 3.05) is 20.3 Å². The number of esters is 2. The summed E-state index contributed by atoms with van der Waals surface area (Å²) in [4.78, 5) is 54.8. The zero-order valence-electron chi connectivity index (χ0n) is 21.0. The van der Waals surface area contributed by atoms with E-state index in [-0.39, 0.29) is 25.9 Å². The number of carbonyl (C=O) groups excluding carboxylic acids is 4. The number of carbonyl (C=O) groups is 4. The largest absolute Gasteiger partial charge is 0.467 e. The molecule has 2 rings (SSSR count). The predicted molar refractivity (Wildman–Crippen MR) is 134 cm³/mol. The number of aliphatic hydroxyl groups is 1. The standard InChI is InChI=1S/C26H33N3O8/c1-5-9-17(13-22-28-19-11-7-8-12-21(19)37-22)25(33)36-15-20(26(34)35-4)29-24(32)18(10-6-2)23(31)27-16(3)14-30/h5-8,11-12,16-18,20,30H,1-2,9-10,13-15H2,3-4H3,(H,27,31)(H,29,32)/t16-,17+,18?,20+/m0/s1. The van der Waals surface area contributed by atoms with Crippen molar-refractivity contribution < 1.29 is 38.2 Å². The molecule has 0 fully saturated rings. The van der Waals surface area contributed by atoms with Crippen molar-refractivity contribution in [1.82, 2.24) is 15.6 Å². The first-order valence-electron chi connectivity index (χ1n) is 11.8. The van der Waals surface area contributed by atoms with Crippen molar-refractivity contribution >= 4 is 34.9 Å². The fourth-order valence-corrected chi connectivity index (χ4v) is 3.44. The van der Waals surface area contributed by atoms with Gasteiger partial charge in [-0.25, -0.2) is 9.78 Å². The Morgan fingerprint density at radius 2 is 1.76 bits per heavy atom. The summed E-state index contributed by atoms with van der Waals surface area (Å²) < 4.78 is 15.8. The Morgan fingerprint density at radius 3 is 2.38 bits per heavy atom. The molecule has 2 aromatic rings. The highest BCUT2D eigenvalue weighted by Crippen LogP contribution is 2.20. The number of fused-ring (bicyclic) bond motifs is 1. The third-order valence-corrected chi connectivity index (χ3v) is 5.44. The molecule has 0 saturated carbocycles. The third kappa shape index (κ3) is 8.57. The van der Waals surface area contributed by atoms with E-state index in [0.29, 0.717) is 17.0 Å². The molecule has 0 aliphatic rings. The van der Waals surface area contributed by atoms with Crippen molar-refractivity contribution in [3.63, 3.8) is 0 Å². The van der Waals surface area contributed by atoms with E-state index in [2.05, 4.69) is 28.8 Å². The van der Waals surface area contributed by atoms with Crippen molar-refractivity contribution in [2.24, 2.45) is 11.8 Å². The summed E-state index contributed by atoms with van der Waals surface area (Å²) in [6.45, 7) is 7.95. The van der Waals surface area contributed by atoms with E-state index in [9.17, 15) is 19.2 Å². The molecular formula is C26H33N3O8. The van der Waals surface area contributed by atoms with E-state index in [4.69, 9.17) is 19.0 Å². The maximum atomic E-state index is 12.8. The number of hydrogen-bond donors (Lipinski definition) is 3. The number of hydrogen-bond acceptors (Lipinski definition) is 9. The lowest BCUT2D eigenvalue weighted by atomic mass is 10.0. The Kier molecular flexibility index (Phi) is 11.5. The average molecular weight is 516 g/mol. The molecule has 0 aliphatic carbocycles. The molecule has 1 unspecified atom stereocenters. The predicted octanol–water partition coefficient (Wildman–Crippen LogP) is 1.45. The van der Waals surface area contributed by atoms with Gasteiger partial charge in [0.2, 0.25) is 11.8 Å². The molecule has 0 spiro atoms. The first-order valence-corrected chi connectivity index (χ1v) is 11.8. The minimum atomic E-state index is -1.36. The number of nitrogens with one attached hydrogen (secondary N) is 2. The first kappa shape index (κ1) is 29.2. The molecule has 1 heterocycles. The highest BCUT2D eigenvalue weighted by molar-refractivity contribution is 6.01. The van der Waals surface area contributed by atoms with E-state index < -0.39 is 54.3 Å². The summed E-state index contributed by atoms with van der Waals surface area (Å²) in [5.74, 6) is -4.52. The summed E-state index contributed by atoms with van der Waals surface area (Å²) in [5, 5.41) is 14.1. The number of rotatable bonds is 15. The molecule has 1 aromatic carbocycles. The number of nitrogens with zero attached hydrogens (tertiary/aromatic N) is 1. The first-order chi connectivity index (χ1) is 17.7. The van der Waals surface area contributed by atoms with Gasteiger partial charge in [0.05, 0.1) is 19.6 Å². The van der Waals surface area contributed by atoms with E-state index >= 15 is 0 Å². The maximum Gasteiger partial charge on any atom is 0.331 e. The van der Waals surface area contributed by atoms with Gasteiger partial charge in [0.1, 0.15) is 18.0 Å². The zero-order valence-corrected chi connectivity index (χ0v) is 21.0. The van der Waals surface area contributed by atoms with Crippen LogP contribution < -0.4 is 10.6 Å². The molecule has 0 radical (unpaired) electrons. The molecule has 4 atom stereocenters. The van der Waals surface area contributed by atoms with Crippen LogP contribution in [0.3, 0.4) is 0 Å². The lowest BCUT2D eigenvalue weighted by Crippen LogP contribution is -2.51. The van der Waals surface area contributed by atoms with Gasteiger partial charge >= 0.3 is 11.9 Å². The van der Waals surface area contributed by atoms with Gasteiger partial charge in [-0.1, -0.05) is 24.3 Å².